The number of rotatable bonds is 3. The zero-order valence-corrected chi connectivity index (χ0v) is 7.09. The first-order chi connectivity index (χ1) is 4.72. The zero-order valence-electron chi connectivity index (χ0n) is 7.09. The molecule has 0 N–H and O–H groups in total. The standard InChI is InChI=1S/C10H16/c1-5-7-8-10(6-2)9(3)4/h5-9H,1H2,2-4H3/b8-7-,10-6+. The summed E-state index contributed by atoms with van der Waals surface area (Å²) in [5, 5.41) is 0. The molecular formula is C10H16. The normalized spacial score (nSPS) is 13.0. The smallest absolute Gasteiger partial charge is 0.0222 e. The highest BCUT2D eigenvalue weighted by Gasteiger charge is 1.94. The summed E-state index contributed by atoms with van der Waals surface area (Å²) in [6.07, 6.45) is 7.99. The summed E-state index contributed by atoms with van der Waals surface area (Å²) in [5.74, 6) is 0.612. The van der Waals surface area contributed by atoms with Gasteiger partial charge in [-0.3, -0.25) is 0 Å². The lowest BCUT2D eigenvalue weighted by Crippen LogP contribution is -1.88. The molecule has 0 unspecified atom stereocenters. The molecule has 0 aliphatic rings. The predicted octanol–water partition coefficient (Wildman–Crippen LogP) is 3.33. The number of allylic oxidation sites excluding steroid dienone is 5. The maximum atomic E-state index is 3.61. The summed E-state index contributed by atoms with van der Waals surface area (Å²) in [5.41, 5.74) is 1.36. The van der Waals surface area contributed by atoms with E-state index >= 15 is 0 Å². The zero-order chi connectivity index (χ0) is 7.98. The highest BCUT2D eigenvalue weighted by atomic mass is 14.0. The summed E-state index contributed by atoms with van der Waals surface area (Å²) in [7, 11) is 0. The molecule has 0 atom stereocenters. The van der Waals surface area contributed by atoms with E-state index in [1.807, 2.05) is 6.08 Å². The SMILES string of the molecule is C=C/C=C\C(=C/C)C(C)C. The summed E-state index contributed by atoms with van der Waals surface area (Å²) in [6, 6.07) is 0. The lowest BCUT2D eigenvalue weighted by Gasteiger charge is -2.03. The fraction of sp³-hybridized carbons (Fsp3) is 0.400. The molecule has 0 saturated carbocycles. The van der Waals surface area contributed by atoms with E-state index in [4.69, 9.17) is 0 Å². The van der Waals surface area contributed by atoms with Crippen LogP contribution in [0.5, 0.6) is 0 Å². The highest BCUT2D eigenvalue weighted by molar-refractivity contribution is 5.22. The second kappa shape index (κ2) is 5.04. The predicted molar refractivity (Wildman–Crippen MR) is 47.9 cm³/mol. The molecule has 0 aromatic heterocycles. The fourth-order valence-electron chi connectivity index (χ4n) is 0.801. The van der Waals surface area contributed by atoms with Gasteiger partial charge in [-0.2, -0.15) is 0 Å². The maximum Gasteiger partial charge on any atom is -0.0222 e. The van der Waals surface area contributed by atoms with Crippen LogP contribution in [0.15, 0.2) is 36.5 Å². The van der Waals surface area contributed by atoms with Gasteiger partial charge in [-0.25, -0.2) is 0 Å². The van der Waals surface area contributed by atoms with Crippen molar-refractivity contribution in [3.8, 4) is 0 Å². The van der Waals surface area contributed by atoms with Gasteiger partial charge in [0, 0.05) is 0 Å². The summed E-state index contributed by atoms with van der Waals surface area (Å²) in [6.45, 7) is 10.0. The average molecular weight is 136 g/mol. The van der Waals surface area contributed by atoms with Gasteiger partial charge in [0.05, 0.1) is 0 Å². The van der Waals surface area contributed by atoms with E-state index in [-0.39, 0.29) is 0 Å². The van der Waals surface area contributed by atoms with Crippen molar-refractivity contribution < 1.29 is 0 Å². The quantitative estimate of drug-likeness (QED) is 0.522. The molecule has 0 fully saturated rings. The Morgan fingerprint density at radius 1 is 1.40 bits per heavy atom. The number of hydrogen-bond donors (Lipinski definition) is 0. The monoisotopic (exact) mass is 136 g/mol. The Kier molecular flexibility index (Phi) is 4.65. The van der Waals surface area contributed by atoms with Crippen molar-refractivity contribution in [3.63, 3.8) is 0 Å². The van der Waals surface area contributed by atoms with Crippen molar-refractivity contribution in [2.75, 3.05) is 0 Å². The molecule has 0 spiro atoms. The Morgan fingerprint density at radius 2 is 2.00 bits per heavy atom. The van der Waals surface area contributed by atoms with Gasteiger partial charge in [0.2, 0.25) is 0 Å². The highest BCUT2D eigenvalue weighted by Crippen LogP contribution is 2.09. The summed E-state index contributed by atoms with van der Waals surface area (Å²) in [4.78, 5) is 0. The van der Waals surface area contributed by atoms with Gasteiger partial charge in [0.15, 0.2) is 0 Å². The van der Waals surface area contributed by atoms with Crippen molar-refractivity contribution >= 4 is 0 Å². The van der Waals surface area contributed by atoms with Crippen LogP contribution in [-0.4, -0.2) is 0 Å². The van der Waals surface area contributed by atoms with Gasteiger partial charge in [-0.15, -0.1) is 0 Å². The minimum atomic E-state index is 0.612. The van der Waals surface area contributed by atoms with E-state index in [1.165, 1.54) is 5.57 Å². The van der Waals surface area contributed by atoms with Crippen LogP contribution >= 0.6 is 0 Å². The summed E-state index contributed by atoms with van der Waals surface area (Å²) >= 11 is 0. The Labute approximate surface area is 64.0 Å². The molecule has 56 valence electrons. The lowest BCUT2D eigenvalue weighted by molar-refractivity contribution is 0.789. The first kappa shape index (κ1) is 9.22. The third-order valence-electron chi connectivity index (χ3n) is 1.42. The first-order valence-electron chi connectivity index (χ1n) is 3.67. The molecule has 0 heterocycles. The van der Waals surface area contributed by atoms with Gasteiger partial charge >= 0.3 is 0 Å². The molecule has 0 bridgehead atoms. The molecule has 0 nitrogen and oxygen atoms in total. The molecular weight excluding hydrogens is 120 g/mol. The summed E-state index contributed by atoms with van der Waals surface area (Å²) < 4.78 is 0. The topological polar surface area (TPSA) is 0 Å². The van der Waals surface area contributed by atoms with Crippen LogP contribution in [0.4, 0.5) is 0 Å². The third-order valence-corrected chi connectivity index (χ3v) is 1.42. The Hall–Kier alpha value is -0.780. The molecule has 0 aromatic carbocycles. The van der Waals surface area contributed by atoms with E-state index in [0.29, 0.717) is 5.92 Å². The van der Waals surface area contributed by atoms with Crippen molar-refractivity contribution in [1.29, 1.82) is 0 Å². The van der Waals surface area contributed by atoms with Crippen LogP contribution in [0.2, 0.25) is 0 Å². The largest absolute Gasteiger partial charge is 0.0991 e. The minimum absolute atomic E-state index is 0.612. The Balaban J connectivity index is 4.10. The van der Waals surface area contributed by atoms with Gasteiger partial charge in [0.1, 0.15) is 0 Å². The molecule has 0 heteroatoms. The van der Waals surface area contributed by atoms with Gasteiger partial charge < -0.3 is 0 Å². The van der Waals surface area contributed by atoms with Crippen LogP contribution in [0.1, 0.15) is 20.8 Å². The van der Waals surface area contributed by atoms with E-state index in [9.17, 15) is 0 Å². The molecule has 0 saturated heterocycles. The van der Waals surface area contributed by atoms with E-state index in [2.05, 4.69) is 39.5 Å². The third kappa shape index (κ3) is 3.29. The van der Waals surface area contributed by atoms with Crippen molar-refractivity contribution in [1.82, 2.24) is 0 Å². The van der Waals surface area contributed by atoms with Crippen LogP contribution in [0.25, 0.3) is 0 Å². The lowest BCUT2D eigenvalue weighted by atomic mass is 10.0. The van der Waals surface area contributed by atoms with Crippen molar-refractivity contribution in [3.05, 3.63) is 36.5 Å². The Morgan fingerprint density at radius 3 is 2.30 bits per heavy atom. The van der Waals surface area contributed by atoms with Crippen molar-refractivity contribution in [2.45, 2.75) is 20.8 Å². The van der Waals surface area contributed by atoms with Crippen LogP contribution < -0.4 is 0 Å². The van der Waals surface area contributed by atoms with Crippen molar-refractivity contribution in [2.24, 2.45) is 5.92 Å². The molecule has 0 rings (SSSR count). The van der Waals surface area contributed by atoms with Gasteiger partial charge in [-0.05, 0) is 18.4 Å². The number of hydrogen-bond acceptors (Lipinski definition) is 0. The second-order valence-electron chi connectivity index (χ2n) is 2.54. The molecule has 10 heavy (non-hydrogen) atoms. The fourth-order valence-corrected chi connectivity index (χ4v) is 0.801. The van der Waals surface area contributed by atoms with Crippen LogP contribution in [0, 0.1) is 5.92 Å². The molecule has 0 aliphatic heterocycles. The van der Waals surface area contributed by atoms with E-state index < -0.39 is 0 Å². The second-order valence-corrected chi connectivity index (χ2v) is 2.54. The van der Waals surface area contributed by atoms with E-state index in [0.717, 1.165) is 0 Å². The van der Waals surface area contributed by atoms with Gasteiger partial charge in [-0.1, -0.05) is 44.7 Å². The Bertz CT molecular complexity index is 147. The van der Waals surface area contributed by atoms with E-state index in [1.54, 1.807) is 6.08 Å². The molecule has 0 aliphatic carbocycles. The average Bonchev–Trinajstić information content (AvgIpc) is 1.89. The van der Waals surface area contributed by atoms with Gasteiger partial charge in [0.25, 0.3) is 0 Å². The molecule has 0 radical (unpaired) electrons. The first-order valence-corrected chi connectivity index (χ1v) is 3.67. The van der Waals surface area contributed by atoms with Crippen LogP contribution in [-0.2, 0) is 0 Å². The van der Waals surface area contributed by atoms with Crippen LogP contribution in [0.3, 0.4) is 0 Å². The molecule has 0 amide bonds. The minimum Gasteiger partial charge on any atom is -0.0991 e. The molecule has 0 aromatic rings. The maximum absolute atomic E-state index is 3.61.